The van der Waals surface area contributed by atoms with Crippen molar-refractivity contribution in [1.29, 1.82) is 0 Å². The summed E-state index contributed by atoms with van der Waals surface area (Å²) in [5, 5.41) is 2.32. The van der Waals surface area contributed by atoms with Gasteiger partial charge in [0.15, 0.2) is 11.5 Å². The monoisotopic (exact) mass is 672 g/mol. The molecule has 1 heterocycles. The Morgan fingerprint density at radius 1 is 0.956 bits per heavy atom. The highest BCUT2D eigenvalue weighted by Crippen LogP contribution is 2.60. The van der Waals surface area contributed by atoms with Crippen molar-refractivity contribution in [2.24, 2.45) is 17.8 Å². The van der Waals surface area contributed by atoms with Crippen LogP contribution in [0.25, 0.3) is 6.08 Å². The van der Waals surface area contributed by atoms with Crippen LogP contribution in [-0.2, 0) is 21.6 Å². The van der Waals surface area contributed by atoms with E-state index in [1.807, 2.05) is 19.1 Å². The number of urea groups is 1. The van der Waals surface area contributed by atoms with Gasteiger partial charge in [-0.25, -0.2) is 14.1 Å². The highest BCUT2D eigenvalue weighted by molar-refractivity contribution is 9.10. The van der Waals surface area contributed by atoms with Crippen LogP contribution in [0.2, 0.25) is 0 Å². The quantitative estimate of drug-likeness (QED) is 0.196. The van der Waals surface area contributed by atoms with Crippen molar-refractivity contribution >= 4 is 45.5 Å². The summed E-state index contributed by atoms with van der Waals surface area (Å²) >= 11 is 3.51. The molecule has 4 bridgehead atoms. The van der Waals surface area contributed by atoms with Crippen LogP contribution in [0.1, 0.15) is 62.1 Å². The number of rotatable bonds is 8. The van der Waals surface area contributed by atoms with Gasteiger partial charge in [0, 0.05) is 0 Å². The summed E-state index contributed by atoms with van der Waals surface area (Å²) in [6, 6.07) is 16.5. The average molecular weight is 674 g/mol. The van der Waals surface area contributed by atoms with Crippen molar-refractivity contribution in [3.8, 4) is 11.5 Å². The highest BCUT2D eigenvalue weighted by atomic mass is 79.9. The lowest BCUT2D eigenvalue weighted by Gasteiger charge is -2.57. The number of halogens is 2. The topological polar surface area (TPSA) is 84.9 Å². The summed E-state index contributed by atoms with van der Waals surface area (Å²) in [4.78, 5) is 40.6. The van der Waals surface area contributed by atoms with Gasteiger partial charge in [0.2, 0.25) is 0 Å². The van der Waals surface area contributed by atoms with Crippen LogP contribution >= 0.6 is 15.9 Å². The summed E-state index contributed by atoms with van der Waals surface area (Å²) in [7, 11) is 0. The number of nitrogens with one attached hydrogen (secondary N) is 1. The number of benzene rings is 3. The van der Waals surface area contributed by atoms with Crippen molar-refractivity contribution in [3.63, 3.8) is 0 Å². The molecular weight excluding hydrogens is 639 g/mol. The second kappa shape index (κ2) is 11.7. The van der Waals surface area contributed by atoms with Crippen molar-refractivity contribution in [1.82, 2.24) is 5.32 Å². The van der Waals surface area contributed by atoms with Crippen molar-refractivity contribution < 1.29 is 28.2 Å². The Bertz CT molecular complexity index is 1680. The molecule has 0 unspecified atom stereocenters. The van der Waals surface area contributed by atoms with Gasteiger partial charge >= 0.3 is 6.03 Å². The first-order valence-corrected chi connectivity index (χ1v) is 16.4. The molecule has 45 heavy (non-hydrogen) atoms. The summed E-state index contributed by atoms with van der Waals surface area (Å²) in [5.41, 5.74) is 2.87. The Kier molecular flexibility index (Phi) is 7.76. The van der Waals surface area contributed by atoms with E-state index in [1.54, 1.807) is 24.3 Å². The van der Waals surface area contributed by atoms with E-state index in [4.69, 9.17) is 9.47 Å². The molecule has 232 valence electrons. The molecule has 5 fully saturated rings. The fourth-order valence-corrected chi connectivity index (χ4v) is 8.92. The van der Waals surface area contributed by atoms with Gasteiger partial charge in [-0.05, 0) is 144 Å². The van der Waals surface area contributed by atoms with Gasteiger partial charge in [0.1, 0.15) is 18.0 Å². The predicted molar refractivity (Wildman–Crippen MR) is 171 cm³/mol. The molecule has 4 saturated carbocycles. The maximum Gasteiger partial charge on any atom is 0.335 e. The van der Waals surface area contributed by atoms with Gasteiger partial charge in [-0.1, -0.05) is 24.3 Å². The molecule has 7 nitrogen and oxygen atoms in total. The van der Waals surface area contributed by atoms with Crippen LogP contribution in [0.5, 0.6) is 11.5 Å². The highest BCUT2D eigenvalue weighted by Gasteiger charge is 2.51. The summed E-state index contributed by atoms with van der Waals surface area (Å²) in [5.74, 6) is 1.37. The lowest BCUT2D eigenvalue weighted by molar-refractivity contribution is -0.122. The van der Waals surface area contributed by atoms with Crippen LogP contribution in [0.4, 0.5) is 14.9 Å². The van der Waals surface area contributed by atoms with E-state index in [9.17, 15) is 18.8 Å². The van der Waals surface area contributed by atoms with Gasteiger partial charge in [-0.2, -0.15) is 0 Å². The first kappa shape index (κ1) is 29.7. The maximum atomic E-state index is 13.7. The molecule has 1 aliphatic heterocycles. The predicted octanol–water partition coefficient (Wildman–Crippen LogP) is 7.70. The molecular formula is C36H34BrFN2O5. The summed E-state index contributed by atoms with van der Waals surface area (Å²) in [6.07, 6.45) is 9.16. The van der Waals surface area contributed by atoms with Crippen LogP contribution in [0, 0.1) is 23.6 Å². The fraction of sp³-hybridized carbons (Fsp3) is 0.361. The minimum atomic E-state index is -0.776. The molecule has 0 radical (unpaired) electrons. The maximum absolute atomic E-state index is 13.7. The zero-order valence-electron chi connectivity index (χ0n) is 25.0. The molecule has 0 spiro atoms. The van der Waals surface area contributed by atoms with Gasteiger partial charge in [0.05, 0.1) is 16.8 Å². The number of imide groups is 2. The second-order valence-electron chi connectivity index (χ2n) is 12.9. The third-order valence-electron chi connectivity index (χ3n) is 9.79. The normalized spacial score (nSPS) is 26.4. The molecule has 3 aromatic rings. The minimum Gasteiger partial charge on any atom is -0.490 e. The zero-order valence-corrected chi connectivity index (χ0v) is 26.6. The zero-order chi connectivity index (χ0) is 31.3. The fourth-order valence-electron chi connectivity index (χ4n) is 8.34. The van der Waals surface area contributed by atoms with E-state index in [1.165, 1.54) is 62.3 Å². The molecule has 1 N–H and O–H groups in total. The number of barbiturate groups is 1. The Balaban J connectivity index is 1.14. The number of anilines is 1. The standard InChI is InChI=1S/C36H34BrFN2O5/c1-2-44-31-16-22(15-30(37)32(31)45-20-21-4-3-5-27(38)13-21)14-29-33(41)39-35(43)40(34(29)42)28-8-6-26(7-9-28)36-17-23-10-24(18-36)12-25(11-23)19-36/h3-9,13-16,23-25H,2,10-12,17-20H2,1H3,(H,39,41,43)/b29-14+. The van der Waals surface area contributed by atoms with Crippen LogP contribution in [0.15, 0.2) is 70.7 Å². The molecule has 0 aromatic heterocycles. The van der Waals surface area contributed by atoms with Crippen molar-refractivity contribution in [2.45, 2.75) is 57.5 Å². The number of hydrogen-bond acceptors (Lipinski definition) is 5. The smallest absolute Gasteiger partial charge is 0.335 e. The van der Waals surface area contributed by atoms with E-state index in [0.29, 0.717) is 39.4 Å². The molecule has 9 heteroatoms. The molecule has 1 saturated heterocycles. The van der Waals surface area contributed by atoms with Crippen LogP contribution in [-0.4, -0.2) is 24.5 Å². The van der Waals surface area contributed by atoms with E-state index in [0.717, 1.165) is 22.7 Å². The van der Waals surface area contributed by atoms with Crippen LogP contribution < -0.4 is 19.7 Å². The van der Waals surface area contributed by atoms with Gasteiger partial charge < -0.3 is 9.47 Å². The Labute approximate surface area is 269 Å². The first-order valence-electron chi connectivity index (χ1n) is 15.6. The average Bonchev–Trinajstić information content (AvgIpc) is 2.99. The molecule has 5 aliphatic rings. The lowest BCUT2D eigenvalue weighted by Crippen LogP contribution is -2.54. The van der Waals surface area contributed by atoms with Gasteiger partial charge in [-0.15, -0.1) is 0 Å². The SMILES string of the molecule is CCOc1cc(/C=C2\C(=O)NC(=O)N(c3ccc(C45CC6CC(CC(C6)C4)C5)cc3)C2=O)cc(Br)c1OCc1cccc(F)c1. The Morgan fingerprint density at radius 2 is 1.64 bits per heavy atom. The number of carbonyl (C=O) groups is 3. The lowest BCUT2D eigenvalue weighted by atomic mass is 9.48. The molecule has 8 rings (SSSR count). The number of ether oxygens (including phenoxy) is 2. The van der Waals surface area contributed by atoms with Gasteiger partial charge in [0.25, 0.3) is 11.8 Å². The summed E-state index contributed by atoms with van der Waals surface area (Å²) < 4.78 is 25.9. The Hall–Kier alpha value is -3.98. The first-order chi connectivity index (χ1) is 21.7. The van der Waals surface area contributed by atoms with E-state index in [2.05, 4.69) is 33.4 Å². The molecule has 4 amide bonds. The third-order valence-corrected chi connectivity index (χ3v) is 10.4. The van der Waals surface area contributed by atoms with Gasteiger partial charge in [-0.3, -0.25) is 14.9 Å². The van der Waals surface area contributed by atoms with Crippen molar-refractivity contribution in [3.05, 3.63) is 93.2 Å². The van der Waals surface area contributed by atoms with E-state index >= 15 is 0 Å². The Morgan fingerprint density at radius 3 is 2.29 bits per heavy atom. The van der Waals surface area contributed by atoms with Crippen molar-refractivity contribution in [2.75, 3.05) is 11.5 Å². The largest absolute Gasteiger partial charge is 0.490 e. The molecule has 4 aliphatic carbocycles. The second-order valence-corrected chi connectivity index (χ2v) is 13.7. The molecule has 0 atom stereocenters. The number of hydrogen-bond donors (Lipinski definition) is 1. The molecule has 3 aromatic carbocycles. The minimum absolute atomic E-state index is 0.108. The number of amides is 4. The van der Waals surface area contributed by atoms with Crippen LogP contribution in [0.3, 0.4) is 0 Å². The van der Waals surface area contributed by atoms with E-state index < -0.39 is 17.8 Å². The number of carbonyl (C=O) groups excluding carboxylic acids is 3. The summed E-state index contributed by atoms with van der Waals surface area (Å²) in [6.45, 7) is 2.27. The third kappa shape index (κ3) is 5.67. The number of nitrogens with zero attached hydrogens (tertiary/aromatic N) is 1. The van der Waals surface area contributed by atoms with E-state index in [-0.39, 0.29) is 23.4 Å².